The fourth-order valence-electron chi connectivity index (χ4n) is 3.38. The zero-order valence-corrected chi connectivity index (χ0v) is 17.7. The van der Waals surface area contributed by atoms with Crippen LogP contribution in [0.15, 0.2) is 29.9 Å². The number of aromatic nitrogens is 4. The third-order valence-electron chi connectivity index (χ3n) is 5.07. The van der Waals surface area contributed by atoms with Crippen LogP contribution in [0, 0.1) is 13.8 Å². The number of nitrogens with zero attached hydrogens (tertiary/aromatic N) is 4. The number of thiophene rings is 1. The Morgan fingerprint density at radius 2 is 1.97 bits per heavy atom. The summed E-state index contributed by atoms with van der Waals surface area (Å²) in [7, 11) is 0. The number of pyridine rings is 1. The lowest BCUT2D eigenvalue weighted by Gasteiger charge is -2.03. The Morgan fingerprint density at radius 1 is 1.17 bits per heavy atom. The number of fused-ring (bicyclic) bond motifs is 1. The molecule has 1 amide bonds. The Hall–Kier alpha value is -2.71. The summed E-state index contributed by atoms with van der Waals surface area (Å²) in [5, 5.41) is 6.89. The van der Waals surface area contributed by atoms with Crippen LogP contribution < -0.4 is 5.32 Å². The number of carbonyl (C=O) groups is 1. The number of hydrogen-bond donors (Lipinski definition) is 1. The van der Waals surface area contributed by atoms with Gasteiger partial charge in [-0.25, -0.2) is 15.0 Å². The van der Waals surface area contributed by atoms with Gasteiger partial charge in [-0.05, 0) is 44.4 Å². The van der Waals surface area contributed by atoms with Crippen molar-refractivity contribution < 1.29 is 4.79 Å². The second kappa shape index (κ2) is 7.27. The molecule has 0 saturated heterocycles. The average Bonchev–Trinajstić information content (AvgIpc) is 3.38. The normalized spacial score (nSPS) is 13.7. The highest BCUT2D eigenvalue weighted by Gasteiger charge is 2.28. The molecule has 8 heteroatoms. The molecule has 1 saturated carbocycles. The van der Waals surface area contributed by atoms with Gasteiger partial charge in [0.25, 0.3) is 5.91 Å². The van der Waals surface area contributed by atoms with Crippen molar-refractivity contribution in [2.75, 3.05) is 0 Å². The maximum Gasteiger partial charge on any atom is 0.262 e. The largest absolute Gasteiger partial charge is 0.345 e. The van der Waals surface area contributed by atoms with Crippen molar-refractivity contribution in [3.8, 4) is 11.3 Å². The standard InChI is InChI=1S/C21H19N5OS2/c1-11-17-12(2)24-19(14-3-4-14)26-21(17)29-18(11)20(27)23-9-16-25-15(10-28-16)13-5-7-22-8-6-13/h5-8,10,14H,3-4,9H2,1-2H3,(H,23,27). The minimum atomic E-state index is -0.0847. The average molecular weight is 422 g/mol. The van der Waals surface area contributed by atoms with Crippen molar-refractivity contribution in [3.63, 3.8) is 0 Å². The van der Waals surface area contributed by atoms with Gasteiger partial charge in [-0.1, -0.05) is 0 Å². The SMILES string of the molecule is Cc1nc(C2CC2)nc2sc(C(=O)NCc3nc(-c4ccncc4)cs3)c(C)c12. The number of nitrogens with one attached hydrogen (secondary N) is 1. The predicted molar refractivity (Wildman–Crippen MR) is 115 cm³/mol. The van der Waals surface area contributed by atoms with E-state index in [-0.39, 0.29) is 5.91 Å². The van der Waals surface area contributed by atoms with Gasteiger partial charge in [-0.3, -0.25) is 9.78 Å². The predicted octanol–water partition coefficient (Wildman–Crippen LogP) is 4.63. The van der Waals surface area contributed by atoms with E-state index in [1.54, 1.807) is 23.7 Å². The van der Waals surface area contributed by atoms with E-state index in [0.717, 1.165) is 56.4 Å². The molecule has 1 fully saturated rings. The van der Waals surface area contributed by atoms with E-state index in [9.17, 15) is 4.79 Å². The van der Waals surface area contributed by atoms with E-state index < -0.39 is 0 Å². The first-order valence-electron chi connectivity index (χ1n) is 9.51. The molecule has 1 aliphatic carbocycles. The molecule has 4 aromatic rings. The molecule has 0 unspecified atom stereocenters. The molecular weight excluding hydrogens is 402 g/mol. The van der Waals surface area contributed by atoms with Gasteiger partial charge >= 0.3 is 0 Å². The molecule has 1 aliphatic rings. The summed E-state index contributed by atoms with van der Waals surface area (Å²) >= 11 is 3.00. The van der Waals surface area contributed by atoms with Crippen LogP contribution in [0.4, 0.5) is 0 Å². The highest BCUT2D eigenvalue weighted by atomic mass is 32.1. The molecule has 0 spiro atoms. The number of aryl methyl sites for hydroxylation is 2. The van der Waals surface area contributed by atoms with E-state index in [2.05, 4.69) is 20.3 Å². The number of amides is 1. The van der Waals surface area contributed by atoms with Gasteiger partial charge in [0.05, 0.1) is 22.8 Å². The molecule has 1 N–H and O–H groups in total. The summed E-state index contributed by atoms with van der Waals surface area (Å²) in [4.78, 5) is 32.5. The Balaban J connectivity index is 1.35. The molecule has 0 radical (unpaired) electrons. The molecule has 6 nitrogen and oxygen atoms in total. The van der Waals surface area contributed by atoms with Crippen molar-refractivity contribution in [3.05, 3.63) is 56.9 Å². The van der Waals surface area contributed by atoms with Crippen molar-refractivity contribution in [1.29, 1.82) is 0 Å². The summed E-state index contributed by atoms with van der Waals surface area (Å²) in [6.45, 7) is 4.39. The summed E-state index contributed by atoms with van der Waals surface area (Å²) < 4.78 is 0. The van der Waals surface area contributed by atoms with Gasteiger partial charge in [0.1, 0.15) is 15.7 Å². The Morgan fingerprint density at radius 3 is 2.72 bits per heavy atom. The summed E-state index contributed by atoms with van der Waals surface area (Å²) in [5.74, 6) is 1.34. The van der Waals surface area contributed by atoms with E-state index >= 15 is 0 Å². The maximum absolute atomic E-state index is 12.8. The number of thiazole rings is 1. The number of hydrogen-bond acceptors (Lipinski definition) is 7. The summed E-state index contributed by atoms with van der Waals surface area (Å²) in [6, 6.07) is 3.86. The molecule has 0 bridgehead atoms. The minimum absolute atomic E-state index is 0.0847. The minimum Gasteiger partial charge on any atom is -0.345 e. The monoisotopic (exact) mass is 421 g/mol. The fraction of sp³-hybridized carbons (Fsp3) is 0.286. The molecule has 4 aromatic heterocycles. The first-order valence-corrected chi connectivity index (χ1v) is 11.2. The van der Waals surface area contributed by atoms with Crippen molar-refractivity contribution in [2.45, 2.75) is 39.2 Å². The topological polar surface area (TPSA) is 80.7 Å². The molecule has 4 heterocycles. The van der Waals surface area contributed by atoms with Gasteiger partial charge in [-0.15, -0.1) is 22.7 Å². The smallest absolute Gasteiger partial charge is 0.262 e. The van der Waals surface area contributed by atoms with Gasteiger partial charge < -0.3 is 5.32 Å². The van der Waals surface area contributed by atoms with Crippen LogP contribution in [0.2, 0.25) is 0 Å². The highest BCUT2D eigenvalue weighted by Crippen LogP contribution is 2.40. The molecule has 146 valence electrons. The maximum atomic E-state index is 12.8. The highest BCUT2D eigenvalue weighted by molar-refractivity contribution is 7.20. The lowest BCUT2D eigenvalue weighted by atomic mass is 10.1. The third-order valence-corrected chi connectivity index (χ3v) is 7.10. The Kier molecular flexibility index (Phi) is 4.60. The quantitative estimate of drug-likeness (QED) is 0.508. The summed E-state index contributed by atoms with van der Waals surface area (Å²) in [6.07, 6.45) is 5.83. The van der Waals surface area contributed by atoms with Crippen molar-refractivity contribution >= 4 is 38.8 Å². The van der Waals surface area contributed by atoms with Crippen LogP contribution in [-0.2, 0) is 6.54 Å². The van der Waals surface area contributed by atoms with Crippen LogP contribution >= 0.6 is 22.7 Å². The third kappa shape index (κ3) is 3.54. The molecule has 0 atom stereocenters. The van der Waals surface area contributed by atoms with Gasteiger partial charge in [-0.2, -0.15) is 0 Å². The number of rotatable bonds is 5. The van der Waals surface area contributed by atoms with Gasteiger partial charge in [0.2, 0.25) is 0 Å². The number of carbonyl (C=O) groups excluding carboxylic acids is 1. The lowest BCUT2D eigenvalue weighted by molar-refractivity contribution is 0.0954. The molecule has 5 rings (SSSR count). The molecule has 0 aromatic carbocycles. The van der Waals surface area contributed by atoms with Gasteiger partial charge in [0, 0.05) is 34.6 Å². The van der Waals surface area contributed by atoms with Crippen molar-refractivity contribution in [1.82, 2.24) is 25.3 Å². The van der Waals surface area contributed by atoms with Gasteiger partial charge in [0.15, 0.2) is 0 Å². The van der Waals surface area contributed by atoms with E-state index in [4.69, 9.17) is 4.98 Å². The van der Waals surface area contributed by atoms with Crippen LogP contribution in [0.3, 0.4) is 0 Å². The first-order chi connectivity index (χ1) is 14.1. The van der Waals surface area contributed by atoms with Crippen LogP contribution in [0.5, 0.6) is 0 Å². The van der Waals surface area contributed by atoms with E-state index in [1.807, 2.05) is 31.4 Å². The Labute approximate surface area is 176 Å². The molecular formula is C21H19N5OS2. The van der Waals surface area contributed by atoms with Crippen molar-refractivity contribution in [2.24, 2.45) is 0 Å². The second-order valence-electron chi connectivity index (χ2n) is 7.22. The fourth-order valence-corrected chi connectivity index (χ4v) is 5.28. The van der Waals surface area contributed by atoms with Crippen LogP contribution in [-0.4, -0.2) is 25.8 Å². The zero-order valence-electron chi connectivity index (χ0n) is 16.1. The van der Waals surface area contributed by atoms with Crippen LogP contribution in [0.1, 0.15) is 50.5 Å². The molecule has 0 aliphatic heterocycles. The summed E-state index contributed by atoms with van der Waals surface area (Å²) in [5.41, 5.74) is 3.85. The lowest BCUT2D eigenvalue weighted by Crippen LogP contribution is -2.22. The Bertz CT molecular complexity index is 1210. The second-order valence-corrected chi connectivity index (χ2v) is 9.16. The van der Waals surface area contributed by atoms with E-state index in [0.29, 0.717) is 17.3 Å². The zero-order chi connectivity index (χ0) is 20.0. The molecule has 29 heavy (non-hydrogen) atoms. The van der Waals surface area contributed by atoms with Crippen LogP contribution in [0.25, 0.3) is 21.5 Å². The van der Waals surface area contributed by atoms with E-state index in [1.165, 1.54) is 11.3 Å². The first kappa shape index (κ1) is 18.3.